The molecule has 2 fully saturated rings. The average molecular weight is 204 g/mol. The molecule has 0 spiro atoms. The van der Waals surface area contributed by atoms with Gasteiger partial charge in [-0.3, -0.25) is 4.79 Å². The zero-order valence-corrected chi connectivity index (χ0v) is 8.70. The molecule has 0 aliphatic heterocycles. The summed E-state index contributed by atoms with van der Waals surface area (Å²) in [6, 6.07) is 4.13. The summed E-state index contributed by atoms with van der Waals surface area (Å²) in [6.45, 7) is 0. The molecular weight excluding hydrogens is 188 g/mol. The van der Waals surface area contributed by atoms with Gasteiger partial charge < -0.3 is 10.3 Å². The van der Waals surface area contributed by atoms with Crippen LogP contribution in [0.15, 0.2) is 18.3 Å². The first-order chi connectivity index (χ1) is 7.34. The highest BCUT2D eigenvalue weighted by molar-refractivity contribution is 5.92. The van der Waals surface area contributed by atoms with Crippen LogP contribution in [-0.4, -0.2) is 16.9 Å². The quantitative estimate of drug-likeness (QED) is 0.773. The number of carbonyl (C=O) groups is 1. The normalized spacial score (nSPS) is 20.6. The van der Waals surface area contributed by atoms with Crippen molar-refractivity contribution >= 4 is 5.91 Å². The molecule has 3 heteroatoms. The maximum Gasteiger partial charge on any atom is 0.267 e. The van der Waals surface area contributed by atoms with Crippen molar-refractivity contribution in [1.29, 1.82) is 0 Å². The van der Waals surface area contributed by atoms with E-state index in [1.54, 1.807) is 6.20 Å². The summed E-state index contributed by atoms with van der Waals surface area (Å²) >= 11 is 0. The summed E-state index contributed by atoms with van der Waals surface area (Å²) in [5, 5.41) is 3.17. The summed E-state index contributed by atoms with van der Waals surface area (Å²) in [4.78, 5) is 14.8. The molecule has 2 aliphatic carbocycles. The molecule has 2 saturated carbocycles. The van der Waals surface area contributed by atoms with E-state index in [4.69, 9.17) is 0 Å². The van der Waals surface area contributed by atoms with Crippen molar-refractivity contribution in [2.24, 2.45) is 11.8 Å². The number of aromatic amines is 1. The SMILES string of the molecule is O=C(NC(C1CC1)C1CC1)c1ccc[nH]1. The van der Waals surface area contributed by atoms with Gasteiger partial charge in [-0.05, 0) is 49.7 Å². The highest BCUT2D eigenvalue weighted by Crippen LogP contribution is 2.44. The number of hydrogen-bond acceptors (Lipinski definition) is 1. The Hall–Kier alpha value is -1.25. The van der Waals surface area contributed by atoms with E-state index in [-0.39, 0.29) is 5.91 Å². The van der Waals surface area contributed by atoms with Crippen LogP contribution in [0.1, 0.15) is 36.2 Å². The minimum atomic E-state index is 0.0591. The average Bonchev–Trinajstić information content (AvgIpc) is 3.15. The van der Waals surface area contributed by atoms with Gasteiger partial charge in [0.2, 0.25) is 0 Å². The van der Waals surface area contributed by atoms with Crippen molar-refractivity contribution in [2.75, 3.05) is 0 Å². The van der Waals surface area contributed by atoms with E-state index in [9.17, 15) is 4.79 Å². The zero-order valence-electron chi connectivity index (χ0n) is 8.70. The van der Waals surface area contributed by atoms with Gasteiger partial charge in [0.05, 0.1) is 0 Å². The van der Waals surface area contributed by atoms with Crippen molar-refractivity contribution in [1.82, 2.24) is 10.3 Å². The summed E-state index contributed by atoms with van der Waals surface area (Å²) in [7, 11) is 0. The molecule has 0 saturated heterocycles. The first-order valence-electron chi connectivity index (χ1n) is 5.79. The van der Waals surface area contributed by atoms with E-state index in [2.05, 4.69) is 10.3 Å². The number of amides is 1. The van der Waals surface area contributed by atoms with Gasteiger partial charge in [-0.1, -0.05) is 0 Å². The van der Waals surface area contributed by atoms with Crippen LogP contribution < -0.4 is 5.32 Å². The molecule has 3 rings (SSSR count). The Balaban J connectivity index is 1.65. The molecule has 1 aromatic rings. The van der Waals surface area contributed by atoms with Crippen molar-refractivity contribution in [3.63, 3.8) is 0 Å². The molecule has 0 radical (unpaired) electrons. The summed E-state index contributed by atoms with van der Waals surface area (Å²) in [6.07, 6.45) is 6.98. The predicted octanol–water partition coefficient (Wildman–Crippen LogP) is 1.93. The van der Waals surface area contributed by atoms with Gasteiger partial charge in [0, 0.05) is 12.2 Å². The van der Waals surface area contributed by atoms with Crippen LogP contribution in [0, 0.1) is 11.8 Å². The first kappa shape index (κ1) is 9.01. The number of H-pyrrole nitrogens is 1. The molecule has 1 aromatic heterocycles. The maximum absolute atomic E-state index is 11.8. The predicted molar refractivity (Wildman–Crippen MR) is 57.5 cm³/mol. The fourth-order valence-electron chi connectivity index (χ4n) is 2.23. The molecule has 0 unspecified atom stereocenters. The molecule has 0 atom stereocenters. The Morgan fingerprint density at radius 2 is 2.00 bits per heavy atom. The van der Waals surface area contributed by atoms with Crippen LogP contribution in [0.25, 0.3) is 0 Å². The lowest BCUT2D eigenvalue weighted by Crippen LogP contribution is -2.38. The second kappa shape index (κ2) is 3.40. The summed E-state index contributed by atoms with van der Waals surface area (Å²) in [5.41, 5.74) is 0.682. The van der Waals surface area contributed by atoms with E-state index in [0.717, 1.165) is 11.8 Å². The van der Waals surface area contributed by atoms with E-state index in [1.165, 1.54) is 25.7 Å². The van der Waals surface area contributed by atoms with Crippen molar-refractivity contribution in [3.05, 3.63) is 24.0 Å². The maximum atomic E-state index is 11.8. The van der Waals surface area contributed by atoms with Crippen LogP contribution in [0.3, 0.4) is 0 Å². The fraction of sp³-hybridized carbons (Fsp3) is 0.583. The third kappa shape index (κ3) is 1.91. The molecule has 15 heavy (non-hydrogen) atoms. The van der Waals surface area contributed by atoms with E-state index < -0.39 is 0 Å². The second-order valence-electron chi connectivity index (χ2n) is 4.76. The van der Waals surface area contributed by atoms with Crippen LogP contribution >= 0.6 is 0 Å². The van der Waals surface area contributed by atoms with Crippen molar-refractivity contribution in [3.8, 4) is 0 Å². The largest absolute Gasteiger partial charge is 0.357 e. The first-order valence-corrected chi connectivity index (χ1v) is 5.79. The van der Waals surface area contributed by atoms with Crippen molar-refractivity contribution in [2.45, 2.75) is 31.7 Å². The lowest BCUT2D eigenvalue weighted by atomic mass is 10.1. The third-order valence-corrected chi connectivity index (χ3v) is 3.40. The van der Waals surface area contributed by atoms with Gasteiger partial charge in [-0.15, -0.1) is 0 Å². The topological polar surface area (TPSA) is 44.9 Å². The van der Waals surface area contributed by atoms with Gasteiger partial charge in [0.15, 0.2) is 0 Å². The Bertz CT molecular complexity index is 338. The van der Waals surface area contributed by atoms with E-state index >= 15 is 0 Å². The van der Waals surface area contributed by atoms with Crippen molar-refractivity contribution < 1.29 is 4.79 Å². The smallest absolute Gasteiger partial charge is 0.267 e. The molecule has 2 N–H and O–H groups in total. The number of carbonyl (C=O) groups excluding carboxylic acids is 1. The minimum absolute atomic E-state index is 0.0591. The molecule has 80 valence electrons. The van der Waals surface area contributed by atoms with E-state index in [0.29, 0.717) is 11.7 Å². The van der Waals surface area contributed by atoms with E-state index in [1.807, 2.05) is 12.1 Å². The monoisotopic (exact) mass is 204 g/mol. The molecule has 2 aliphatic rings. The lowest BCUT2D eigenvalue weighted by Gasteiger charge is -2.16. The Kier molecular flexibility index (Phi) is 2.04. The number of rotatable bonds is 4. The highest BCUT2D eigenvalue weighted by Gasteiger charge is 2.42. The Morgan fingerprint density at radius 1 is 1.33 bits per heavy atom. The number of nitrogens with one attached hydrogen (secondary N) is 2. The molecule has 1 amide bonds. The fourth-order valence-corrected chi connectivity index (χ4v) is 2.23. The minimum Gasteiger partial charge on any atom is -0.357 e. The molecule has 0 aromatic carbocycles. The van der Waals surface area contributed by atoms with Gasteiger partial charge in [0.1, 0.15) is 5.69 Å². The Morgan fingerprint density at radius 3 is 2.47 bits per heavy atom. The second-order valence-corrected chi connectivity index (χ2v) is 4.76. The Labute approximate surface area is 89.3 Å². The van der Waals surface area contributed by atoms with Gasteiger partial charge >= 0.3 is 0 Å². The highest BCUT2D eigenvalue weighted by atomic mass is 16.1. The molecular formula is C12H16N2O. The molecule has 1 heterocycles. The zero-order chi connectivity index (χ0) is 10.3. The lowest BCUT2D eigenvalue weighted by molar-refractivity contribution is 0.0922. The van der Waals surface area contributed by atoms with Crippen LogP contribution in [-0.2, 0) is 0 Å². The van der Waals surface area contributed by atoms with Crippen LogP contribution in [0.5, 0.6) is 0 Å². The molecule has 3 nitrogen and oxygen atoms in total. The number of aromatic nitrogens is 1. The van der Waals surface area contributed by atoms with Gasteiger partial charge in [-0.25, -0.2) is 0 Å². The summed E-state index contributed by atoms with van der Waals surface area (Å²) < 4.78 is 0. The van der Waals surface area contributed by atoms with Gasteiger partial charge in [0.25, 0.3) is 5.91 Å². The third-order valence-electron chi connectivity index (χ3n) is 3.40. The standard InChI is InChI=1S/C12H16N2O/c15-12(10-2-1-7-13-10)14-11(8-3-4-8)9-5-6-9/h1-2,7-9,11,13H,3-6H2,(H,14,15). The van der Waals surface area contributed by atoms with Gasteiger partial charge in [-0.2, -0.15) is 0 Å². The summed E-state index contributed by atoms with van der Waals surface area (Å²) in [5.74, 6) is 1.58. The number of hydrogen-bond donors (Lipinski definition) is 2. The molecule has 0 bridgehead atoms. The van der Waals surface area contributed by atoms with Crippen LogP contribution in [0.2, 0.25) is 0 Å². The van der Waals surface area contributed by atoms with Crippen LogP contribution in [0.4, 0.5) is 0 Å².